The highest BCUT2D eigenvalue weighted by molar-refractivity contribution is 9.10. The quantitative estimate of drug-likeness (QED) is 0.578. The van der Waals surface area contributed by atoms with Crippen molar-refractivity contribution in [2.75, 3.05) is 44.8 Å². The summed E-state index contributed by atoms with van der Waals surface area (Å²) in [5.74, 6) is 1.34. The minimum atomic E-state index is -0.00398. The monoisotopic (exact) mass is 461 g/mol. The summed E-state index contributed by atoms with van der Waals surface area (Å²) in [4.78, 5) is 21.3. The van der Waals surface area contributed by atoms with Crippen LogP contribution in [0.25, 0.3) is 10.2 Å². The first-order valence-corrected chi connectivity index (χ1v) is 10.6. The van der Waals surface area contributed by atoms with E-state index in [1.807, 2.05) is 35.2 Å². The Bertz CT molecular complexity index is 986. The second kappa shape index (κ2) is 8.36. The van der Waals surface area contributed by atoms with Crippen molar-refractivity contribution in [2.45, 2.75) is 0 Å². The molecule has 8 heteroatoms. The molecule has 146 valence electrons. The second-order valence-electron chi connectivity index (χ2n) is 6.44. The van der Waals surface area contributed by atoms with Crippen LogP contribution in [-0.4, -0.2) is 55.7 Å². The molecule has 0 radical (unpaired) electrons. The molecule has 1 aliphatic rings. The van der Waals surface area contributed by atoms with E-state index in [0.717, 1.165) is 32.9 Å². The summed E-state index contributed by atoms with van der Waals surface area (Å²) in [6.45, 7) is 2.90. The third-order valence-electron chi connectivity index (χ3n) is 4.65. The first kappa shape index (κ1) is 19.0. The summed E-state index contributed by atoms with van der Waals surface area (Å²) in [6, 6.07) is 13.4. The normalized spacial score (nSPS) is 14.4. The molecule has 0 atom stereocenters. The predicted octanol–water partition coefficient (Wildman–Crippen LogP) is 3.80. The molecule has 1 saturated heterocycles. The lowest BCUT2D eigenvalue weighted by Crippen LogP contribution is -2.50. The molecule has 0 spiro atoms. The number of piperazine rings is 1. The van der Waals surface area contributed by atoms with Gasteiger partial charge in [-0.25, -0.2) is 4.98 Å². The number of fused-ring (bicyclic) bond motifs is 1. The Morgan fingerprint density at radius 2 is 1.93 bits per heavy atom. The molecule has 1 aromatic heterocycles. The highest BCUT2D eigenvalue weighted by Crippen LogP contribution is 2.31. The van der Waals surface area contributed by atoms with Gasteiger partial charge in [-0.15, -0.1) is 0 Å². The van der Waals surface area contributed by atoms with Gasteiger partial charge in [0.1, 0.15) is 11.5 Å². The van der Waals surface area contributed by atoms with Crippen LogP contribution in [0.3, 0.4) is 0 Å². The van der Waals surface area contributed by atoms with Crippen molar-refractivity contribution in [3.63, 3.8) is 0 Å². The van der Waals surface area contributed by atoms with E-state index in [2.05, 4.69) is 26.9 Å². The topological polar surface area (TPSA) is 54.9 Å². The van der Waals surface area contributed by atoms with E-state index < -0.39 is 0 Å². The number of hydrogen-bond acceptors (Lipinski definition) is 6. The molecule has 4 rings (SSSR count). The fraction of sp³-hybridized carbons (Fsp3) is 0.300. The van der Waals surface area contributed by atoms with Gasteiger partial charge in [-0.3, -0.25) is 4.79 Å². The molecule has 28 heavy (non-hydrogen) atoms. The number of hydrogen-bond donors (Lipinski definition) is 0. The van der Waals surface area contributed by atoms with Gasteiger partial charge >= 0.3 is 0 Å². The van der Waals surface area contributed by atoms with Crippen LogP contribution in [-0.2, 0) is 4.79 Å². The molecule has 0 aliphatic carbocycles. The fourth-order valence-electron chi connectivity index (χ4n) is 3.10. The summed E-state index contributed by atoms with van der Waals surface area (Å²) in [6.07, 6.45) is 0. The largest absolute Gasteiger partial charge is 0.497 e. The van der Waals surface area contributed by atoms with Crippen molar-refractivity contribution >= 4 is 48.5 Å². The second-order valence-corrected chi connectivity index (χ2v) is 8.37. The lowest BCUT2D eigenvalue weighted by molar-refractivity contribution is -0.133. The standard InChI is InChI=1S/C20H20BrN3O3S/c1-26-15-3-2-4-16(12-15)27-13-19(25)23-7-9-24(10-8-23)20-22-17-6-5-14(21)11-18(17)28-20/h2-6,11-12H,7-10,13H2,1H3. The van der Waals surface area contributed by atoms with E-state index in [0.29, 0.717) is 24.6 Å². The minimum absolute atomic E-state index is 0.00398. The van der Waals surface area contributed by atoms with Crippen molar-refractivity contribution < 1.29 is 14.3 Å². The molecular weight excluding hydrogens is 442 g/mol. The molecule has 1 fully saturated rings. The Hall–Kier alpha value is -2.32. The van der Waals surface area contributed by atoms with E-state index in [4.69, 9.17) is 14.5 Å². The van der Waals surface area contributed by atoms with E-state index in [-0.39, 0.29) is 12.5 Å². The highest BCUT2D eigenvalue weighted by Gasteiger charge is 2.23. The number of carbonyl (C=O) groups excluding carboxylic acids is 1. The maximum absolute atomic E-state index is 12.5. The first-order chi connectivity index (χ1) is 13.6. The summed E-state index contributed by atoms with van der Waals surface area (Å²) in [5, 5.41) is 1.01. The molecule has 0 saturated carbocycles. The molecule has 3 aromatic rings. The van der Waals surface area contributed by atoms with Gasteiger partial charge in [0.25, 0.3) is 5.91 Å². The van der Waals surface area contributed by atoms with Crippen LogP contribution in [0.4, 0.5) is 5.13 Å². The van der Waals surface area contributed by atoms with Crippen molar-refractivity contribution in [3.8, 4) is 11.5 Å². The molecule has 6 nitrogen and oxygen atoms in total. The van der Waals surface area contributed by atoms with Crippen LogP contribution in [0.15, 0.2) is 46.9 Å². The van der Waals surface area contributed by atoms with Gasteiger partial charge < -0.3 is 19.3 Å². The number of anilines is 1. The number of aromatic nitrogens is 1. The maximum Gasteiger partial charge on any atom is 0.260 e. The lowest BCUT2D eigenvalue weighted by Gasteiger charge is -2.34. The maximum atomic E-state index is 12.5. The van der Waals surface area contributed by atoms with E-state index in [1.165, 1.54) is 0 Å². The molecule has 0 unspecified atom stereocenters. The Morgan fingerprint density at radius 3 is 2.71 bits per heavy atom. The fourth-order valence-corrected chi connectivity index (χ4v) is 4.67. The van der Waals surface area contributed by atoms with Gasteiger partial charge in [-0.1, -0.05) is 33.3 Å². The molecule has 1 amide bonds. The average Bonchev–Trinajstić information content (AvgIpc) is 3.15. The zero-order chi connectivity index (χ0) is 19.5. The van der Waals surface area contributed by atoms with Gasteiger partial charge in [0.15, 0.2) is 11.7 Å². The third-order valence-corrected chi connectivity index (χ3v) is 6.22. The van der Waals surface area contributed by atoms with Crippen LogP contribution in [0.1, 0.15) is 0 Å². The number of thiazole rings is 1. The number of halogens is 1. The smallest absolute Gasteiger partial charge is 0.260 e. The van der Waals surface area contributed by atoms with Gasteiger partial charge in [0, 0.05) is 36.7 Å². The minimum Gasteiger partial charge on any atom is -0.497 e. The van der Waals surface area contributed by atoms with E-state index in [9.17, 15) is 4.79 Å². The highest BCUT2D eigenvalue weighted by atomic mass is 79.9. The van der Waals surface area contributed by atoms with Gasteiger partial charge in [0.2, 0.25) is 0 Å². The van der Waals surface area contributed by atoms with E-state index in [1.54, 1.807) is 24.5 Å². The number of nitrogens with zero attached hydrogens (tertiary/aromatic N) is 3. The van der Waals surface area contributed by atoms with Gasteiger partial charge in [-0.05, 0) is 30.3 Å². The van der Waals surface area contributed by atoms with Crippen LogP contribution < -0.4 is 14.4 Å². The third kappa shape index (κ3) is 4.23. The number of amides is 1. The van der Waals surface area contributed by atoms with Gasteiger partial charge in [0.05, 0.1) is 17.3 Å². The molecular formula is C20H20BrN3O3S. The number of ether oxygens (including phenoxy) is 2. The number of benzene rings is 2. The summed E-state index contributed by atoms with van der Waals surface area (Å²) < 4.78 is 13.0. The number of methoxy groups -OCH3 is 1. The first-order valence-electron chi connectivity index (χ1n) is 8.98. The zero-order valence-electron chi connectivity index (χ0n) is 15.4. The lowest BCUT2D eigenvalue weighted by atomic mass is 10.3. The Kier molecular flexibility index (Phi) is 5.68. The number of carbonyl (C=O) groups is 1. The molecule has 0 N–H and O–H groups in total. The zero-order valence-corrected chi connectivity index (χ0v) is 17.8. The average molecular weight is 462 g/mol. The molecule has 2 aromatic carbocycles. The van der Waals surface area contributed by atoms with Crippen molar-refractivity contribution in [1.82, 2.24) is 9.88 Å². The van der Waals surface area contributed by atoms with Crippen LogP contribution in [0.2, 0.25) is 0 Å². The SMILES string of the molecule is COc1cccc(OCC(=O)N2CCN(c3nc4ccc(Br)cc4s3)CC2)c1. The van der Waals surface area contributed by atoms with Gasteiger partial charge in [-0.2, -0.15) is 0 Å². The van der Waals surface area contributed by atoms with Crippen molar-refractivity contribution in [3.05, 3.63) is 46.9 Å². The van der Waals surface area contributed by atoms with Crippen LogP contribution in [0.5, 0.6) is 11.5 Å². The van der Waals surface area contributed by atoms with Crippen LogP contribution in [0, 0.1) is 0 Å². The number of rotatable bonds is 5. The van der Waals surface area contributed by atoms with E-state index >= 15 is 0 Å². The molecule has 1 aliphatic heterocycles. The predicted molar refractivity (Wildman–Crippen MR) is 115 cm³/mol. The summed E-state index contributed by atoms with van der Waals surface area (Å²) >= 11 is 5.19. The van der Waals surface area contributed by atoms with Crippen LogP contribution >= 0.6 is 27.3 Å². The Labute approximate surface area is 175 Å². The Morgan fingerprint density at radius 1 is 1.14 bits per heavy atom. The summed E-state index contributed by atoms with van der Waals surface area (Å²) in [7, 11) is 1.61. The summed E-state index contributed by atoms with van der Waals surface area (Å²) in [5.41, 5.74) is 1.01. The molecule has 0 bridgehead atoms. The Balaban J connectivity index is 1.32. The van der Waals surface area contributed by atoms with Crippen molar-refractivity contribution in [1.29, 1.82) is 0 Å². The van der Waals surface area contributed by atoms with Crippen molar-refractivity contribution in [2.24, 2.45) is 0 Å². The molecule has 2 heterocycles.